The lowest BCUT2D eigenvalue weighted by atomic mass is 10.1. The van der Waals surface area contributed by atoms with Crippen LogP contribution in [0.5, 0.6) is 0 Å². The highest BCUT2D eigenvalue weighted by atomic mass is 32.2. The van der Waals surface area contributed by atoms with Gasteiger partial charge in [-0.1, -0.05) is 19.9 Å². The number of hydrogen-bond donors (Lipinski definition) is 2. The van der Waals surface area contributed by atoms with Gasteiger partial charge in [-0.3, -0.25) is 4.79 Å². The zero-order chi connectivity index (χ0) is 14.6. The van der Waals surface area contributed by atoms with Crippen molar-refractivity contribution in [1.29, 1.82) is 0 Å². The first kappa shape index (κ1) is 15.7. The van der Waals surface area contributed by atoms with Crippen LogP contribution in [0.25, 0.3) is 0 Å². The Labute approximate surface area is 114 Å². The molecule has 0 spiro atoms. The molecule has 2 N–H and O–H groups in total. The summed E-state index contributed by atoms with van der Waals surface area (Å²) in [5.41, 5.74) is 0.337. The van der Waals surface area contributed by atoms with Gasteiger partial charge in [0, 0.05) is 11.6 Å². The molecule has 0 aromatic heterocycles. The summed E-state index contributed by atoms with van der Waals surface area (Å²) in [6, 6.07) is 6.00. The summed E-state index contributed by atoms with van der Waals surface area (Å²) < 4.78 is 25.5. The number of rotatable bonds is 5. The van der Waals surface area contributed by atoms with E-state index in [9.17, 15) is 13.2 Å². The zero-order valence-electron chi connectivity index (χ0n) is 11.6. The first-order chi connectivity index (χ1) is 8.77. The van der Waals surface area contributed by atoms with E-state index in [1.807, 2.05) is 20.8 Å². The third-order valence-electron chi connectivity index (χ3n) is 3.03. The molecule has 19 heavy (non-hydrogen) atoms. The van der Waals surface area contributed by atoms with Crippen LogP contribution < -0.4 is 10.0 Å². The maximum atomic E-state index is 12.0. The lowest BCUT2D eigenvalue weighted by Crippen LogP contribution is -2.36. The normalized spacial score (nSPS) is 13.3. The Morgan fingerprint density at radius 3 is 2.37 bits per heavy atom. The van der Waals surface area contributed by atoms with Gasteiger partial charge in [0.15, 0.2) is 0 Å². The molecule has 1 atom stereocenters. The lowest BCUT2D eigenvalue weighted by Gasteiger charge is -2.17. The van der Waals surface area contributed by atoms with Crippen LogP contribution in [-0.2, 0) is 10.0 Å². The van der Waals surface area contributed by atoms with E-state index in [4.69, 9.17) is 0 Å². The third-order valence-corrected chi connectivity index (χ3v) is 4.45. The maximum absolute atomic E-state index is 12.0. The van der Waals surface area contributed by atoms with Crippen LogP contribution in [0.2, 0.25) is 0 Å². The Hall–Kier alpha value is -1.40. The summed E-state index contributed by atoms with van der Waals surface area (Å²) in [4.78, 5) is 12.1. The van der Waals surface area contributed by atoms with Crippen molar-refractivity contribution in [3.8, 4) is 0 Å². The minimum absolute atomic E-state index is 0.0251. The number of nitrogens with one attached hydrogen (secondary N) is 2. The standard InChI is InChI=1S/C13H20N2O3S/c1-9(2)10(3)15-13(16)11-6-5-7-12(8-11)19(17,18)14-4/h5-10,14H,1-4H3,(H,15,16)/t10-/m1/s1. The van der Waals surface area contributed by atoms with Crippen LogP contribution in [0.1, 0.15) is 31.1 Å². The highest BCUT2D eigenvalue weighted by Crippen LogP contribution is 2.12. The van der Waals surface area contributed by atoms with E-state index in [2.05, 4.69) is 10.0 Å². The van der Waals surface area contributed by atoms with E-state index >= 15 is 0 Å². The van der Waals surface area contributed by atoms with Gasteiger partial charge < -0.3 is 5.32 Å². The lowest BCUT2D eigenvalue weighted by molar-refractivity contribution is 0.0930. The van der Waals surface area contributed by atoms with Crippen molar-refractivity contribution >= 4 is 15.9 Å². The van der Waals surface area contributed by atoms with E-state index in [1.54, 1.807) is 12.1 Å². The van der Waals surface area contributed by atoms with Crippen molar-refractivity contribution in [3.05, 3.63) is 29.8 Å². The van der Waals surface area contributed by atoms with Gasteiger partial charge in [-0.2, -0.15) is 0 Å². The topological polar surface area (TPSA) is 75.3 Å². The quantitative estimate of drug-likeness (QED) is 0.857. The number of carbonyl (C=O) groups is 1. The second-order valence-electron chi connectivity index (χ2n) is 4.74. The van der Waals surface area contributed by atoms with Crippen molar-refractivity contribution in [1.82, 2.24) is 10.0 Å². The van der Waals surface area contributed by atoms with Crippen molar-refractivity contribution in [2.24, 2.45) is 5.92 Å². The second-order valence-corrected chi connectivity index (χ2v) is 6.63. The molecule has 0 aliphatic heterocycles. The van der Waals surface area contributed by atoms with Crippen LogP contribution in [-0.4, -0.2) is 27.4 Å². The average Bonchev–Trinajstić information content (AvgIpc) is 2.38. The fourth-order valence-corrected chi connectivity index (χ4v) is 2.15. The molecule has 0 unspecified atom stereocenters. The maximum Gasteiger partial charge on any atom is 0.251 e. The monoisotopic (exact) mass is 284 g/mol. The fourth-order valence-electron chi connectivity index (χ4n) is 1.38. The van der Waals surface area contributed by atoms with Crippen LogP contribution in [0, 0.1) is 5.92 Å². The summed E-state index contributed by atoms with van der Waals surface area (Å²) >= 11 is 0. The molecule has 1 aromatic rings. The van der Waals surface area contributed by atoms with Crippen LogP contribution in [0.15, 0.2) is 29.2 Å². The van der Waals surface area contributed by atoms with E-state index in [0.717, 1.165) is 0 Å². The van der Waals surface area contributed by atoms with Gasteiger partial charge in [-0.15, -0.1) is 0 Å². The van der Waals surface area contributed by atoms with Crippen LogP contribution in [0.4, 0.5) is 0 Å². The van der Waals surface area contributed by atoms with Gasteiger partial charge in [-0.25, -0.2) is 13.1 Å². The highest BCUT2D eigenvalue weighted by Gasteiger charge is 2.16. The summed E-state index contributed by atoms with van der Waals surface area (Å²) in [6.45, 7) is 5.93. The molecule has 0 heterocycles. The predicted molar refractivity (Wildman–Crippen MR) is 74.5 cm³/mol. The van der Waals surface area contributed by atoms with Crippen LogP contribution >= 0.6 is 0 Å². The number of sulfonamides is 1. The molecule has 0 aliphatic carbocycles. The molecule has 6 heteroatoms. The van der Waals surface area contributed by atoms with Gasteiger partial charge in [0.1, 0.15) is 0 Å². The molecular weight excluding hydrogens is 264 g/mol. The smallest absolute Gasteiger partial charge is 0.251 e. The van der Waals surface area contributed by atoms with Crippen molar-refractivity contribution in [2.45, 2.75) is 31.7 Å². The Balaban J connectivity index is 2.97. The van der Waals surface area contributed by atoms with Crippen LogP contribution in [0.3, 0.4) is 0 Å². The van der Waals surface area contributed by atoms with Crippen molar-refractivity contribution < 1.29 is 13.2 Å². The van der Waals surface area contributed by atoms with Gasteiger partial charge in [-0.05, 0) is 38.1 Å². The number of hydrogen-bond acceptors (Lipinski definition) is 3. The summed E-state index contributed by atoms with van der Waals surface area (Å²) in [5.74, 6) is 0.0440. The molecule has 0 radical (unpaired) electrons. The molecule has 0 saturated carbocycles. The molecule has 1 aromatic carbocycles. The third kappa shape index (κ3) is 4.04. The molecule has 1 amide bonds. The minimum atomic E-state index is -3.53. The average molecular weight is 284 g/mol. The highest BCUT2D eigenvalue weighted by molar-refractivity contribution is 7.89. The summed E-state index contributed by atoms with van der Waals surface area (Å²) in [5, 5.41) is 2.84. The van der Waals surface area contributed by atoms with E-state index in [0.29, 0.717) is 11.5 Å². The van der Waals surface area contributed by atoms with Gasteiger partial charge in [0.2, 0.25) is 10.0 Å². The van der Waals surface area contributed by atoms with Gasteiger partial charge >= 0.3 is 0 Å². The Morgan fingerprint density at radius 2 is 1.84 bits per heavy atom. The van der Waals surface area contributed by atoms with Gasteiger partial charge in [0.25, 0.3) is 5.91 Å². The number of carbonyl (C=O) groups excluding carboxylic acids is 1. The minimum Gasteiger partial charge on any atom is -0.349 e. The summed E-state index contributed by atoms with van der Waals surface area (Å²) in [6.07, 6.45) is 0. The molecule has 0 bridgehead atoms. The second kappa shape index (κ2) is 6.16. The zero-order valence-corrected chi connectivity index (χ0v) is 12.4. The largest absolute Gasteiger partial charge is 0.349 e. The molecule has 0 fully saturated rings. The number of benzene rings is 1. The van der Waals surface area contributed by atoms with E-state index in [1.165, 1.54) is 19.2 Å². The molecule has 1 rings (SSSR count). The SMILES string of the molecule is CNS(=O)(=O)c1cccc(C(=O)N[C@H](C)C(C)C)c1. The molecule has 0 aliphatic rings. The first-order valence-corrected chi connectivity index (χ1v) is 7.60. The Kier molecular flexibility index (Phi) is 5.08. The Bertz CT molecular complexity index is 553. The molecular formula is C13H20N2O3S. The summed E-state index contributed by atoms with van der Waals surface area (Å²) in [7, 11) is -2.19. The van der Waals surface area contributed by atoms with Crippen molar-refractivity contribution in [2.75, 3.05) is 7.05 Å². The van der Waals surface area contributed by atoms with Crippen molar-refractivity contribution in [3.63, 3.8) is 0 Å². The first-order valence-electron chi connectivity index (χ1n) is 6.12. The van der Waals surface area contributed by atoms with Gasteiger partial charge in [0.05, 0.1) is 4.90 Å². The Morgan fingerprint density at radius 1 is 1.21 bits per heavy atom. The molecule has 106 valence electrons. The number of amides is 1. The molecule has 5 nitrogen and oxygen atoms in total. The predicted octanol–water partition coefficient (Wildman–Crippen LogP) is 1.37. The van der Waals surface area contributed by atoms with E-state index in [-0.39, 0.29) is 16.8 Å². The fraction of sp³-hybridized carbons (Fsp3) is 0.462. The molecule has 0 saturated heterocycles. The van der Waals surface area contributed by atoms with E-state index < -0.39 is 10.0 Å².